The molecule has 5 nitrogen and oxygen atoms in total. The molecule has 0 bridgehead atoms. The average molecular weight is 341 g/mol. The number of methoxy groups -OCH3 is 1. The third-order valence-corrected chi connectivity index (χ3v) is 4.50. The molecule has 0 aromatic heterocycles. The van der Waals surface area contributed by atoms with Gasteiger partial charge in [-0.3, -0.25) is 4.79 Å². The molecule has 2 aromatic carbocycles. The highest BCUT2D eigenvalue weighted by Crippen LogP contribution is 2.32. The highest BCUT2D eigenvalue weighted by molar-refractivity contribution is 7.90. The quantitative estimate of drug-likeness (QED) is 0.865. The van der Waals surface area contributed by atoms with Gasteiger partial charge in [-0.1, -0.05) is 17.7 Å². The van der Waals surface area contributed by atoms with Crippen LogP contribution in [0.5, 0.6) is 11.5 Å². The highest BCUT2D eigenvalue weighted by Gasteiger charge is 2.20. The molecule has 0 heterocycles. The van der Waals surface area contributed by atoms with Gasteiger partial charge < -0.3 is 9.84 Å². The molecule has 0 aliphatic rings. The Balaban J connectivity index is 2.51. The van der Waals surface area contributed by atoms with E-state index in [-0.39, 0.29) is 32.5 Å². The fourth-order valence-corrected chi connectivity index (χ4v) is 2.90. The molecule has 0 unspecified atom stereocenters. The van der Waals surface area contributed by atoms with E-state index in [1.54, 1.807) is 6.07 Å². The second-order valence-corrected chi connectivity index (χ2v) is 7.02. The number of aromatic hydroxyl groups is 1. The second kappa shape index (κ2) is 5.98. The summed E-state index contributed by atoms with van der Waals surface area (Å²) in [5.74, 6) is -0.658. The number of benzene rings is 2. The van der Waals surface area contributed by atoms with Crippen molar-refractivity contribution in [3.63, 3.8) is 0 Å². The van der Waals surface area contributed by atoms with Gasteiger partial charge in [0.15, 0.2) is 27.1 Å². The molecular weight excluding hydrogens is 328 g/mol. The van der Waals surface area contributed by atoms with E-state index < -0.39 is 15.6 Å². The molecule has 1 N–H and O–H groups in total. The third-order valence-electron chi connectivity index (χ3n) is 3.08. The number of para-hydroxylation sites is 1. The Labute approximate surface area is 133 Å². The van der Waals surface area contributed by atoms with Crippen LogP contribution in [-0.4, -0.2) is 32.7 Å². The summed E-state index contributed by atoms with van der Waals surface area (Å²) in [5, 5.41) is 10.0. The molecule has 116 valence electrons. The van der Waals surface area contributed by atoms with Crippen LogP contribution in [0.4, 0.5) is 0 Å². The van der Waals surface area contributed by atoms with Gasteiger partial charge in [0.25, 0.3) is 0 Å². The largest absolute Gasteiger partial charge is 0.504 e. The fraction of sp³-hybridized carbons (Fsp3) is 0.133. The van der Waals surface area contributed by atoms with Gasteiger partial charge in [-0.25, -0.2) is 8.42 Å². The second-order valence-electron chi connectivity index (χ2n) is 4.60. The summed E-state index contributed by atoms with van der Waals surface area (Å²) < 4.78 is 27.9. The van der Waals surface area contributed by atoms with Crippen LogP contribution >= 0.6 is 11.6 Å². The predicted molar refractivity (Wildman–Crippen MR) is 82.7 cm³/mol. The number of phenolic OH excluding ortho intramolecular Hbond substituents is 1. The molecule has 0 aliphatic heterocycles. The van der Waals surface area contributed by atoms with Crippen molar-refractivity contribution in [3.05, 3.63) is 52.5 Å². The van der Waals surface area contributed by atoms with Crippen molar-refractivity contribution in [3.8, 4) is 11.5 Å². The normalized spacial score (nSPS) is 11.2. The number of ketones is 1. The van der Waals surface area contributed by atoms with Crippen molar-refractivity contribution in [2.45, 2.75) is 4.90 Å². The monoisotopic (exact) mass is 340 g/mol. The molecule has 0 amide bonds. The van der Waals surface area contributed by atoms with E-state index in [1.165, 1.54) is 37.4 Å². The molecule has 2 aromatic rings. The molecule has 0 saturated carbocycles. The van der Waals surface area contributed by atoms with Crippen LogP contribution < -0.4 is 4.74 Å². The van der Waals surface area contributed by atoms with Gasteiger partial charge in [0, 0.05) is 11.8 Å². The van der Waals surface area contributed by atoms with Crippen molar-refractivity contribution in [1.29, 1.82) is 0 Å². The molecule has 0 aliphatic carbocycles. The van der Waals surface area contributed by atoms with Gasteiger partial charge in [-0.2, -0.15) is 0 Å². The zero-order chi connectivity index (χ0) is 16.5. The first-order valence-corrected chi connectivity index (χ1v) is 8.43. The van der Waals surface area contributed by atoms with Gasteiger partial charge in [0.2, 0.25) is 0 Å². The number of hydrogen-bond acceptors (Lipinski definition) is 5. The summed E-state index contributed by atoms with van der Waals surface area (Å²) in [5.41, 5.74) is 0.117. The lowest BCUT2D eigenvalue weighted by atomic mass is 10.0. The average Bonchev–Trinajstić information content (AvgIpc) is 2.45. The molecule has 0 atom stereocenters. The molecule has 22 heavy (non-hydrogen) atoms. The lowest BCUT2D eigenvalue weighted by Gasteiger charge is -2.09. The Bertz CT molecular complexity index is 843. The van der Waals surface area contributed by atoms with Crippen molar-refractivity contribution < 1.29 is 23.1 Å². The molecular formula is C15H13ClO5S. The van der Waals surface area contributed by atoms with E-state index in [0.29, 0.717) is 0 Å². The number of carbonyl (C=O) groups excluding carboxylic acids is 1. The van der Waals surface area contributed by atoms with Crippen molar-refractivity contribution in [2.75, 3.05) is 13.4 Å². The van der Waals surface area contributed by atoms with Crippen LogP contribution in [0, 0.1) is 0 Å². The summed E-state index contributed by atoms with van der Waals surface area (Å²) >= 11 is 6.01. The van der Waals surface area contributed by atoms with Gasteiger partial charge in [-0.05, 0) is 30.3 Å². The first-order valence-electron chi connectivity index (χ1n) is 6.16. The number of halogens is 1. The maximum atomic E-state index is 12.5. The van der Waals surface area contributed by atoms with Gasteiger partial charge in [0.1, 0.15) is 0 Å². The Hall–Kier alpha value is -2.05. The smallest absolute Gasteiger partial charge is 0.198 e. The molecule has 0 saturated heterocycles. The van der Waals surface area contributed by atoms with Crippen molar-refractivity contribution in [2.24, 2.45) is 0 Å². The van der Waals surface area contributed by atoms with E-state index in [4.69, 9.17) is 16.3 Å². The van der Waals surface area contributed by atoms with Gasteiger partial charge in [0.05, 0.1) is 22.6 Å². The Morgan fingerprint density at radius 2 is 1.86 bits per heavy atom. The lowest BCUT2D eigenvalue weighted by Crippen LogP contribution is -2.05. The number of rotatable bonds is 4. The summed E-state index contributed by atoms with van der Waals surface area (Å²) in [6.45, 7) is 0. The fourth-order valence-electron chi connectivity index (χ4n) is 1.93. The van der Waals surface area contributed by atoms with Crippen molar-refractivity contribution >= 4 is 27.2 Å². The van der Waals surface area contributed by atoms with E-state index >= 15 is 0 Å². The number of hydrogen-bond donors (Lipinski definition) is 1. The van der Waals surface area contributed by atoms with Crippen LogP contribution in [-0.2, 0) is 9.84 Å². The minimum atomic E-state index is -3.42. The first-order chi connectivity index (χ1) is 10.3. The van der Waals surface area contributed by atoms with Crippen molar-refractivity contribution in [1.82, 2.24) is 0 Å². The van der Waals surface area contributed by atoms with E-state index in [9.17, 15) is 18.3 Å². The zero-order valence-electron chi connectivity index (χ0n) is 11.8. The van der Waals surface area contributed by atoms with Crippen LogP contribution in [0.3, 0.4) is 0 Å². The van der Waals surface area contributed by atoms with E-state index in [1.807, 2.05) is 0 Å². The summed E-state index contributed by atoms with van der Waals surface area (Å²) in [6, 6.07) is 8.33. The van der Waals surface area contributed by atoms with Gasteiger partial charge >= 0.3 is 0 Å². The molecule has 0 fully saturated rings. The lowest BCUT2D eigenvalue weighted by molar-refractivity contribution is 0.103. The minimum absolute atomic E-state index is 0.00450. The maximum absolute atomic E-state index is 12.5. The van der Waals surface area contributed by atoms with Crippen LogP contribution in [0.15, 0.2) is 41.3 Å². The number of carbonyl (C=O) groups is 1. The Morgan fingerprint density at radius 3 is 2.41 bits per heavy atom. The number of ether oxygens (including phenoxy) is 1. The highest BCUT2D eigenvalue weighted by atomic mass is 35.5. The minimum Gasteiger partial charge on any atom is -0.504 e. The van der Waals surface area contributed by atoms with Crippen LogP contribution in [0.2, 0.25) is 5.02 Å². The maximum Gasteiger partial charge on any atom is 0.198 e. The van der Waals surface area contributed by atoms with E-state index in [0.717, 1.165) is 6.26 Å². The molecule has 2 rings (SSSR count). The predicted octanol–water partition coefficient (Wildman–Crippen LogP) is 2.69. The summed E-state index contributed by atoms with van der Waals surface area (Å²) in [7, 11) is -2.04. The number of phenols is 1. The summed E-state index contributed by atoms with van der Waals surface area (Å²) in [6.07, 6.45) is 1.05. The number of sulfone groups is 1. The Morgan fingerprint density at radius 1 is 1.18 bits per heavy atom. The molecule has 0 radical (unpaired) electrons. The SMILES string of the molecule is COc1cccc(C(=O)c2ccc(S(C)(=O)=O)cc2Cl)c1O. The van der Waals surface area contributed by atoms with Crippen LogP contribution in [0.1, 0.15) is 15.9 Å². The van der Waals surface area contributed by atoms with Crippen LogP contribution in [0.25, 0.3) is 0 Å². The van der Waals surface area contributed by atoms with E-state index in [2.05, 4.69) is 0 Å². The standard InChI is InChI=1S/C15H13ClO5S/c1-21-13-5-3-4-11(15(13)18)14(17)10-7-6-9(8-12(10)16)22(2,19)20/h3-8,18H,1-2H3. The zero-order valence-corrected chi connectivity index (χ0v) is 13.4. The summed E-state index contributed by atoms with van der Waals surface area (Å²) in [4.78, 5) is 12.5. The Kier molecular flexibility index (Phi) is 4.44. The van der Waals surface area contributed by atoms with Gasteiger partial charge in [-0.15, -0.1) is 0 Å². The third kappa shape index (κ3) is 3.08. The molecule has 0 spiro atoms. The topological polar surface area (TPSA) is 80.7 Å². The molecule has 7 heteroatoms. The first kappa shape index (κ1) is 16.3.